The highest BCUT2D eigenvalue weighted by Gasteiger charge is 2.20. The standard InChI is InChI=1S/C16H15BrO2/c1-2-14(16(18)12-8-4-3-5-9-12)19-15-11-7-6-10-13(15)17/h3-11,14H,2H2,1H3. The first-order valence-electron chi connectivity index (χ1n) is 6.22. The van der Waals surface area contributed by atoms with E-state index < -0.39 is 6.10 Å². The molecule has 3 heteroatoms. The Kier molecular flexibility index (Phi) is 4.74. The largest absolute Gasteiger partial charge is 0.481 e. The average Bonchev–Trinajstić information content (AvgIpc) is 2.47. The van der Waals surface area contributed by atoms with E-state index in [-0.39, 0.29) is 5.78 Å². The molecule has 0 N–H and O–H groups in total. The lowest BCUT2D eigenvalue weighted by atomic mass is 10.0. The Balaban J connectivity index is 2.17. The van der Waals surface area contributed by atoms with E-state index in [1.807, 2.05) is 61.5 Å². The molecule has 2 rings (SSSR count). The van der Waals surface area contributed by atoms with Crippen molar-refractivity contribution < 1.29 is 9.53 Å². The van der Waals surface area contributed by atoms with Gasteiger partial charge in [-0.3, -0.25) is 4.79 Å². The van der Waals surface area contributed by atoms with Crippen LogP contribution < -0.4 is 4.74 Å². The molecule has 1 unspecified atom stereocenters. The van der Waals surface area contributed by atoms with Crippen LogP contribution in [0.4, 0.5) is 0 Å². The topological polar surface area (TPSA) is 26.3 Å². The summed E-state index contributed by atoms with van der Waals surface area (Å²) in [6.07, 6.45) is 0.177. The normalized spacial score (nSPS) is 11.9. The van der Waals surface area contributed by atoms with Gasteiger partial charge < -0.3 is 4.74 Å². The SMILES string of the molecule is CCC(Oc1ccccc1Br)C(=O)c1ccccc1. The number of carbonyl (C=O) groups is 1. The molecule has 0 aliphatic rings. The van der Waals surface area contributed by atoms with Crippen molar-refractivity contribution in [1.82, 2.24) is 0 Å². The summed E-state index contributed by atoms with van der Waals surface area (Å²) in [5, 5.41) is 0. The Labute approximate surface area is 121 Å². The molecule has 0 amide bonds. The van der Waals surface area contributed by atoms with Crippen molar-refractivity contribution in [1.29, 1.82) is 0 Å². The summed E-state index contributed by atoms with van der Waals surface area (Å²) in [6, 6.07) is 16.8. The summed E-state index contributed by atoms with van der Waals surface area (Å²) in [5.41, 5.74) is 0.682. The number of hydrogen-bond donors (Lipinski definition) is 0. The second-order valence-electron chi connectivity index (χ2n) is 4.18. The third kappa shape index (κ3) is 3.44. The lowest BCUT2D eigenvalue weighted by Crippen LogP contribution is -2.26. The summed E-state index contributed by atoms with van der Waals surface area (Å²) >= 11 is 3.42. The van der Waals surface area contributed by atoms with E-state index in [0.29, 0.717) is 17.7 Å². The van der Waals surface area contributed by atoms with Crippen molar-refractivity contribution >= 4 is 21.7 Å². The summed E-state index contributed by atoms with van der Waals surface area (Å²) in [5.74, 6) is 0.706. The summed E-state index contributed by atoms with van der Waals surface area (Å²) in [4.78, 5) is 12.4. The number of halogens is 1. The minimum atomic E-state index is -0.457. The molecule has 98 valence electrons. The highest BCUT2D eigenvalue weighted by atomic mass is 79.9. The van der Waals surface area contributed by atoms with E-state index in [9.17, 15) is 4.79 Å². The first-order valence-corrected chi connectivity index (χ1v) is 7.02. The molecule has 0 heterocycles. The molecule has 1 atom stereocenters. The van der Waals surface area contributed by atoms with Gasteiger partial charge in [-0.2, -0.15) is 0 Å². The van der Waals surface area contributed by atoms with Gasteiger partial charge in [-0.1, -0.05) is 49.4 Å². The molecule has 2 aromatic rings. The van der Waals surface area contributed by atoms with E-state index in [1.165, 1.54) is 0 Å². The van der Waals surface area contributed by atoms with E-state index >= 15 is 0 Å². The molecule has 2 aromatic carbocycles. The second kappa shape index (κ2) is 6.53. The van der Waals surface area contributed by atoms with E-state index in [0.717, 1.165) is 4.47 Å². The highest BCUT2D eigenvalue weighted by Crippen LogP contribution is 2.26. The van der Waals surface area contributed by atoms with Crippen LogP contribution in [0.15, 0.2) is 59.1 Å². The van der Waals surface area contributed by atoms with Crippen molar-refractivity contribution in [3.05, 3.63) is 64.6 Å². The maximum atomic E-state index is 12.4. The number of carbonyl (C=O) groups excluding carboxylic acids is 1. The zero-order valence-electron chi connectivity index (χ0n) is 10.7. The molecular weight excluding hydrogens is 304 g/mol. The lowest BCUT2D eigenvalue weighted by molar-refractivity contribution is 0.0785. The van der Waals surface area contributed by atoms with Crippen molar-refractivity contribution in [3.63, 3.8) is 0 Å². The Morgan fingerprint density at radius 1 is 1.11 bits per heavy atom. The first-order chi connectivity index (χ1) is 9.22. The van der Waals surface area contributed by atoms with Crippen LogP contribution in [0.3, 0.4) is 0 Å². The summed E-state index contributed by atoms with van der Waals surface area (Å²) in [6.45, 7) is 1.95. The van der Waals surface area contributed by atoms with Gasteiger partial charge in [0.05, 0.1) is 4.47 Å². The van der Waals surface area contributed by atoms with Crippen LogP contribution in [0.25, 0.3) is 0 Å². The Morgan fingerprint density at radius 3 is 2.37 bits per heavy atom. The number of ketones is 1. The van der Waals surface area contributed by atoms with Gasteiger partial charge in [0.25, 0.3) is 0 Å². The number of hydrogen-bond acceptors (Lipinski definition) is 2. The Morgan fingerprint density at radius 2 is 1.74 bits per heavy atom. The highest BCUT2D eigenvalue weighted by molar-refractivity contribution is 9.10. The van der Waals surface area contributed by atoms with E-state index in [2.05, 4.69) is 15.9 Å². The molecule has 0 saturated carbocycles. The van der Waals surface area contributed by atoms with E-state index in [1.54, 1.807) is 0 Å². The van der Waals surface area contributed by atoms with Gasteiger partial charge in [0, 0.05) is 5.56 Å². The number of Topliss-reactive ketones (excluding diaryl/α,β-unsaturated/α-hetero) is 1. The third-order valence-electron chi connectivity index (χ3n) is 2.83. The molecule has 0 aliphatic heterocycles. The van der Waals surface area contributed by atoms with Crippen LogP contribution in [-0.4, -0.2) is 11.9 Å². The van der Waals surface area contributed by atoms with Crippen LogP contribution in [-0.2, 0) is 0 Å². The number of ether oxygens (including phenoxy) is 1. The molecule has 0 aliphatic carbocycles. The summed E-state index contributed by atoms with van der Waals surface area (Å²) < 4.78 is 6.67. The molecule has 19 heavy (non-hydrogen) atoms. The Hall–Kier alpha value is -1.61. The second-order valence-corrected chi connectivity index (χ2v) is 5.03. The van der Waals surface area contributed by atoms with Gasteiger partial charge in [0.2, 0.25) is 5.78 Å². The molecule has 0 aromatic heterocycles. The van der Waals surface area contributed by atoms with Crippen molar-refractivity contribution in [3.8, 4) is 5.75 Å². The minimum absolute atomic E-state index is 0.0128. The minimum Gasteiger partial charge on any atom is -0.481 e. The molecule has 2 nitrogen and oxygen atoms in total. The van der Waals surface area contributed by atoms with Crippen LogP contribution >= 0.6 is 15.9 Å². The van der Waals surface area contributed by atoms with E-state index in [4.69, 9.17) is 4.74 Å². The van der Waals surface area contributed by atoms with Crippen LogP contribution in [0.2, 0.25) is 0 Å². The van der Waals surface area contributed by atoms with Crippen molar-refractivity contribution in [2.45, 2.75) is 19.4 Å². The lowest BCUT2D eigenvalue weighted by Gasteiger charge is -2.17. The predicted molar refractivity (Wildman–Crippen MR) is 79.6 cm³/mol. The first kappa shape index (κ1) is 13.8. The fourth-order valence-electron chi connectivity index (χ4n) is 1.80. The van der Waals surface area contributed by atoms with Crippen molar-refractivity contribution in [2.75, 3.05) is 0 Å². The zero-order valence-corrected chi connectivity index (χ0v) is 12.3. The van der Waals surface area contributed by atoms with Gasteiger partial charge in [0.1, 0.15) is 5.75 Å². The molecule has 0 spiro atoms. The van der Waals surface area contributed by atoms with Crippen molar-refractivity contribution in [2.24, 2.45) is 0 Å². The molecule has 0 saturated heterocycles. The molecule has 0 fully saturated rings. The maximum absolute atomic E-state index is 12.4. The number of para-hydroxylation sites is 1. The quantitative estimate of drug-likeness (QED) is 0.759. The Bertz CT molecular complexity index is 552. The fraction of sp³-hybridized carbons (Fsp3) is 0.188. The number of benzene rings is 2. The average molecular weight is 319 g/mol. The van der Waals surface area contributed by atoms with Gasteiger partial charge in [-0.25, -0.2) is 0 Å². The predicted octanol–water partition coefficient (Wildman–Crippen LogP) is 4.49. The molecular formula is C16H15BrO2. The molecule has 0 bridgehead atoms. The fourth-order valence-corrected chi connectivity index (χ4v) is 2.18. The maximum Gasteiger partial charge on any atom is 0.203 e. The van der Waals surface area contributed by atoms with Gasteiger partial charge in [0.15, 0.2) is 6.10 Å². The smallest absolute Gasteiger partial charge is 0.203 e. The van der Waals surface area contributed by atoms with Crippen LogP contribution in [0.1, 0.15) is 23.7 Å². The third-order valence-corrected chi connectivity index (χ3v) is 3.48. The van der Waals surface area contributed by atoms with Gasteiger partial charge in [-0.15, -0.1) is 0 Å². The summed E-state index contributed by atoms with van der Waals surface area (Å²) in [7, 11) is 0. The zero-order chi connectivity index (χ0) is 13.7. The molecule has 0 radical (unpaired) electrons. The van der Waals surface area contributed by atoms with Crippen LogP contribution in [0, 0.1) is 0 Å². The number of rotatable bonds is 5. The monoisotopic (exact) mass is 318 g/mol. The van der Waals surface area contributed by atoms with Crippen LogP contribution in [0.5, 0.6) is 5.75 Å². The van der Waals surface area contributed by atoms with Gasteiger partial charge >= 0.3 is 0 Å². The van der Waals surface area contributed by atoms with Gasteiger partial charge in [-0.05, 0) is 34.5 Å².